The smallest absolute Gasteiger partial charge is 0.170 e. The second-order valence-electron chi connectivity index (χ2n) is 3.73. The van der Waals surface area contributed by atoms with Crippen LogP contribution in [-0.4, -0.2) is 0 Å². The van der Waals surface area contributed by atoms with E-state index in [0.29, 0.717) is 0 Å². The van der Waals surface area contributed by atoms with Gasteiger partial charge in [-0.3, -0.25) is 0 Å². The van der Waals surface area contributed by atoms with E-state index in [1.165, 1.54) is 12.8 Å². The Morgan fingerprint density at radius 3 is 2.81 bits per heavy atom. The standard InChI is InChI=1S/C14H16O2/c1-2-3-4-5-8-12-11-15-13-9-6-7-10-14(13)16-12/h5-11H,2-4H2,1H3. The zero-order chi connectivity index (χ0) is 11.2. The molecule has 0 amide bonds. The van der Waals surface area contributed by atoms with Crippen LogP contribution in [0.1, 0.15) is 26.2 Å². The van der Waals surface area contributed by atoms with Gasteiger partial charge in [-0.1, -0.05) is 38.0 Å². The molecule has 0 bridgehead atoms. The van der Waals surface area contributed by atoms with Crippen molar-refractivity contribution in [2.24, 2.45) is 0 Å². The minimum Gasteiger partial charge on any atom is -0.457 e. The van der Waals surface area contributed by atoms with Crippen molar-refractivity contribution in [3.05, 3.63) is 48.4 Å². The Kier molecular flexibility index (Phi) is 3.65. The number of benzene rings is 1. The second kappa shape index (κ2) is 5.40. The van der Waals surface area contributed by atoms with Gasteiger partial charge in [-0.05, 0) is 24.6 Å². The molecule has 2 nitrogen and oxygen atoms in total. The number of fused-ring (bicyclic) bond motifs is 1. The van der Waals surface area contributed by atoms with Crippen LogP contribution in [0, 0.1) is 0 Å². The molecule has 0 saturated heterocycles. The molecule has 0 fully saturated rings. The molecule has 0 radical (unpaired) electrons. The van der Waals surface area contributed by atoms with Crippen molar-refractivity contribution in [2.45, 2.75) is 26.2 Å². The van der Waals surface area contributed by atoms with E-state index >= 15 is 0 Å². The molecule has 0 N–H and O–H groups in total. The average molecular weight is 216 g/mol. The van der Waals surface area contributed by atoms with Crippen LogP contribution in [0.3, 0.4) is 0 Å². The molecule has 0 aromatic heterocycles. The Bertz CT molecular complexity index is 405. The Hall–Kier alpha value is -1.70. The monoisotopic (exact) mass is 216 g/mol. The number of hydrogen-bond donors (Lipinski definition) is 0. The van der Waals surface area contributed by atoms with E-state index in [0.717, 1.165) is 23.7 Å². The van der Waals surface area contributed by atoms with E-state index in [-0.39, 0.29) is 0 Å². The first-order valence-corrected chi connectivity index (χ1v) is 5.70. The Morgan fingerprint density at radius 1 is 1.19 bits per heavy atom. The van der Waals surface area contributed by atoms with Gasteiger partial charge in [0.05, 0.1) is 0 Å². The summed E-state index contributed by atoms with van der Waals surface area (Å²) < 4.78 is 11.1. The highest BCUT2D eigenvalue weighted by atomic mass is 16.6. The van der Waals surface area contributed by atoms with Gasteiger partial charge >= 0.3 is 0 Å². The molecule has 1 aromatic rings. The first kappa shape index (κ1) is 10.8. The number of unbranched alkanes of at least 4 members (excludes halogenated alkanes) is 2. The van der Waals surface area contributed by atoms with Gasteiger partial charge in [0.15, 0.2) is 17.3 Å². The largest absolute Gasteiger partial charge is 0.457 e. The Labute approximate surface area is 96.2 Å². The molecule has 1 heterocycles. The summed E-state index contributed by atoms with van der Waals surface area (Å²) >= 11 is 0. The summed E-state index contributed by atoms with van der Waals surface area (Å²) in [5.41, 5.74) is 0. The lowest BCUT2D eigenvalue weighted by molar-refractivity contribution is 0.338. The van der Waals surface area contributed by atoms with Crippen LogP contribution in [-0.2, 0) is 0 Å². The summed E-state index contributed by atoms with van der Waals surface area (Å²) in [6.45, 7) is 2.18. The van der Waals surface area contributed by atoms with Crippen LogP contribution in [0.15, 0.2) is 48.4 Å². The molecule has 1 aliphatic rings. The lowest BCUT2D eigenvalue weighted by Gasteiger charge is -2.15. The fourth-order valence-electron chi connectivity index (χ4n) is 1.50. The Balaban J connectivity index is 1.96. The molecule has 2 heteroatoms. The highest BCUT2D eigenvalue weighted by Crippen LogP contribution is 2.31. The van der Waals surface area contributed by atoms with E-state index in [1.807, 2.05) is 30.3 Å². The lowest BCUT2D eigenvalue weighted by Crippen LogP contribution is -2.02. The molecule has 0 aliphatic carbocycles. The number of hydrogen-bond acceptors (Lipinski definition) is 2. The third-order valence-electron chi connectivity index (χ3n) is 2.39. The summed E-state index contributed by atoms with van der Waals surface area (Å²) in [5, 5.41) is 0. The van der Waals surface area contributed by atoms with Crippen LogP contribution >= 0.6 is 0 Å². The van der Waals surface area contributed by atoms with E-state index in [4.69, 9.17) is 9.47 Å². The molecular weight excluding hydrogens is 200 g/mol. The van der Waals surface area contributed by atoms with Crippen molar-refractivity contribution in [3.63, 3.8) is 0 Å². The van der Waals surface area contributed by atoms with Crippen LogP contribution < -0.4 is 9.47 Å². The van der Waals surface area contributed by atoms with Crippen LogP contribution in [0.25, 0.3) is 0 Å². The molecule has 84 valence electrons. The van der Waals surface area contributed by atoms with Crippen molar-refractivity contribution >= 4 is 0 Å². The van der Waals surface area contributed by atoms with Gasteiger partial charge in [-0.2, -0.15) is 0 Å². The highest BCUT2D eigenvalue weighted by molar-refractivity contribution is 5.43. The first-order chi connectivity index (χ1) is 7.90. The first-order valence-electron chi connectivity index (χ1n) is 5.70. The van der Waals surface area contributed by atoms with E-state index in [2.05, 4.69) is 13.0 Å². The van der Waals surface area contributed by atoms with Crippen LogP contribution in [0.5, 0.6) is 11.5 Å². The highest BCUT2D eigenvalue weighted by Gasteiger charge is 2.10. The number of rotatable bonds is 4. The minimum atomic E-state index is 0.759. The molecule has 1 aliphatic heterocycles. The normalized spacial score (nSPS) is 13.9. The molecule has 0 spiro atoms. The van der Waals surface area contributed by atoms with Crippen molar-refractivity contribution in [1.82, 2.24) is 0 Å². The fourth-order valence-corrected chi connectivity index (χ4v) is 1.50. The van der Waals surface area contributed by atoms with Gasteiger partial charge in [0, 0.05) is 0 Å². The Morgan fingerprint density at radius 2 is 2.00 bits per heavy atom. The molecule has 16 heavy (non-hydrogen) atoms. The minimum absolute atomic E-state index is 0.759. The SMILES string of the molecule is CCCCC=CC1=COc2ccccc2O1. The fraction of sp³-hybridized carbons (Fsp3) is 0.286. The van der Waals surface area contributed by atoms with Crippen molar-refractivity contribution in [3.8, 4) is 11.5 Å². The third-order valence-corrected chi connectivity index (χ3v) is 2.39. The predicted octanol–water partition coefficient (Wildman–Crippen LogP) is 4.05. The van der Waals surface area contributed by atoms with Crippen molar-refractivity contribution < 1.29 is 9.47 Å². The van der Waals surface area contributed by atoms with Gasteiger partial charge in [0.25, 0.3) is 0 Å². The second-order valence-corrected chi connectivity index (χ2v) is 3.73. The van der Waals surface area contributed by atoms with Crippen LogP contribution in [0.4, 0.5) is 0 Å². The van der Waals surface area contributed by atoms with Gasteiger partial charge in [-0.15, -0.1) is 0 Å². The number of allylic oxidation sites excluding steroid dienone is 2. The van der Waals surface area contributed by atoms with E-state index in [9.17, 15) is 0 Å². The molecule has 0 unspecified atom stereocenters. The predicted molar refractivity (Wildman–Crippen MR) is 64.4 cm³/mol. The summed E-state index contributed by atoms with van der Waals surface area (Å²) in [7, 11) is 0. The number of ether oxygens (including phenoxy) is 2. The zero-order valence-corrected chi connectivity index (χ0v) is 9.48. The molecule has 2 rings (SSSR count). The van der Waals surface area contributed by atoms with Crippen molar-refractivity contribution in [1.29, 1.82) is 0 Å². The lowest BCUT2D eigenvalue weighted by atomic mass is 10.2. The summed E-state index contributed by atoms with van der Waals surface area (Å²) in [4.78, 5) is 0. The van der Waals surface area contributed by atoms with E-state index in [1.54, 1.807) is 6.26 Å². The molecule has 0 saturated carbocycles. The number of para-hydroxylation sites is 2. The molecule has 1 aromatic carbocycles. The molecule has 0 atom stereocenters. The summed E-state index contributed by atoms with van der Waals surface area (Å²) in [5.74, 6) is 2.31. The topological polar surface area (TPSA) is 18.5 Å². The quantitative estimate of drug-likeness (QED) is 0.707. The van der Waals surface area contributed by atoms with Crippen LogP contribution in [0.2, 0.25) is 0 Å². The van der Waals surface area contributed by atoms with Gasteiger partial charge in [0.1, 0.15) is 6.26 Å². The maximum atomic E-state index is 5.66. The van der Waals surface area contributed by atoms with Gasteiger partial charge < -0.3 is 9.47 Å². The molecular formula is C14H16O2. The van der Waals surface area contributed by atoms with E-state index < -0.39 is 0 Å². The summed E-state index contributed by atoms with van der Waals surface area (Å²) in [6, 6.07) is 7.66. The summed E-state index contributed by atoms with van der Waals surface area (Å²) in [6.07, 6.45) is 9.23. The zero-order valence-electron chi connectivity index (χ0n) is 9.48. The van der Waals surface area contributed by atoms with Gasteiger partial charge in [0.2, 0.25) is 0 Å². The average Bonchev–Trinajstić information content (AvgIpc) is 2.34. The van der Waals surface area contributed by atoms with Crippen molar-refractivity contribution in [2.75, 3.05) is 0 Å². The maximum absolute atomic E-state index is 5.66. The maximum Gasteiger partial charge on any atom is 0.170 e. The third kappa shape index (κ3) is 2.66. The van der Waals surface area contributed by atoms with Gasteiger partial charge in [-0.25, -0.2) is 0 Å².